The van der Waals surface area contributed by atoms with Gasteiger partial charge in [0.05, 0.1) is 4.92 Å². The van der Waals surface area contributed by atoms with Crippen molar-refractivity contribution < 1.29 is 4.92 Å². The lowest BCUT2D eigenvalue weighted by molar-refractivity contribution is -0.384. The van der Waals surface area contributed by atoms with Crippen molar-refractivity contribution >= 4 is 23.1 Å². The third-order valence-electron chi connectivity index (χ3n) is 3.03. The second-order valence-corrected chi connectivity index (χ2v) is 5.72. The molecule has 0 heterocycles. The second-order valence-electron chi connectivity index (χ2n) is 4.73. The van der Waals surface area contributed by atoms with Crippen LogP contribution >= 0.6 is 11.8 Å². The molecular formula is C15H17N3O2S. The summed E-state index contributed by atoms with van der Waals surface area (Å²) in [4.78, 5) is 10.4. The monoisotopic (exact) mass is 303 g/mol. The Morgan fingerprint density at radius 1 is 1.19 bits per heavy atom. The first-order chi connectivity index (χ1) is 10.1. The van der Waals surface area contributed by atoms with E-state index in [1.165, 1.54) is 17.2 Å². The number of aryl methyl sites for hydroxylation is 1. The lowest BCUT2D eigenvalue weighted by Crippen LogP contribution is -2.09. The van der Waals surface area contributed by atoms with Crippen LogP contribution in [0.5, 0.6) is 0 Å². The van der Waals surface area contributed by atoms with Gasteiger partial charge in [-0.15, -0.1) is 0 Å². The number of rotatable bonds is 6. The molecule has 0 bridgehead atoms. The van der Waals surface area contributed by atoms with Gasteiger partial charge in [-0.1, -0.05) is 35.9 Å². The van der Waals surface area contributed by atoms with E-state index in [1.54, 1.807) is 23.9 Å². The van der Waals surface area contributed by atoms with Crippen LogP contribution in [-0.2, 0) is 11.5 Å². The van der Waals surface area contributed by atoms with E-state index in [2.05, 4.69) is 30.5 Å². The average molecular weight is 303 g/mol. The fourth-order valence-electron chi connectivity index (χ4n) is 2.04. The number of nitrogens with one attached hydrogen (secondary N) is 1. The molecule has 6 heteroatoms. The van der Waals surface area contributed by atoms with Crippen molar-refractivity contribution in [2.75, 3.05) is 5.43 Å². The molecule has 0 aliphatic rings. The summed E-state index contributed by atoms with van der Waals surface area (Å²) in [6, 6.07) is 13.4. The van der Waals surface area contributed by atoms with Crippen LogP contribution < -0.4 is 11.3 Å². The van der Waals surface area contributed by atoms with Crippen LogP contribution in [0.3, 0.4) is 0 Å². The van der Waals surface area contributed by atoms with Gasteiger partial charge in [0.25, 0.3) is 5.69 Å². The minimum atomic E-state index is -0.446. The van der Waals surface area contributed by atoms with Crippen LogP contribution in [0.2, 0.25) is 0 Å². The highest BCUT2D eigenvalue weighted by Crippen LogP contribution is 2.27. The van der Waals surface area contributed by atoms with Crippen molar-refractivity contribution in [2.45, 2.75) is 18.4 Å². The average Bonchev–Trinajstić information content (AvgIpc) is 2.47. The molecule has 110 valence electrons. The zero-order valence-corrected chi connectivity index (χ0v) is 12.5. The van der Waals surface area contributed by atoms with E-state index in [0.717, 1.165) is 17.1 Å². The lowest BCUT2D eigenvalue weighted by Gasteiger charge is -2.06. The molecule has 0 saturated heterocycles. The van der Waals surface area contributed by atoms with E-state index in [-0.39, 0.29) is 5.69 Å². The van der Waals surface area contributed by atoms with E-state index in [0.29, 0.717) is 5.69 Å². The van der Waals surface area contributed by atoms with Crippen LogP contribution in [0.1, 0.15) is 16.7 Å². The predicted molar refractivity (Wildman–Crippen MR) is 87.1 cm³/mol. The third kappa shape index (κ3) is 4.21. The first-order valence-electron chi connectivity index (χ1n) is 6.47. The molecular weight excluding hydrogens is 286 g/mol. The zero-order chi connectivity index (χ0) is 15.2. The molecule has 3 N–H and O–H groups in total. The first kappa shape index (κ1) is 15.3. The van der Waals surface area contributed by atoms with Gasteiger partial charge >= 0.3 is 0 Å². The van der Waals surface area contributed by atoms with Gasteiger partial charge in [0.15, 0.2) is 0 Å². The third-order valence-corrected chi connectivity index (χ3v) is 4.11. The molecule has 0 spiro atoms. The number of benzene rings is 2. The highest BCUT2D eigenvalue weighted by Gasteiger charge is 2.12. The topological polar surface area (TPSA) is 81.2 Å². The number of nitrogens with zero attached hydrogens (tertiary/aromatic N) is 1. The zero-order valence-electron chi connectivity index (χ0n) is 11.7. The highest BCUT2D eigenvalue weighted by molar-refractivity contribution is 7.97. The van der Waals surface area contributed by atoms with Crippen molar-refractivity contribution in [3.8, 4) is 0 Å². The summed E-state index contributed by atoms with van der Waals surface area (Å²) in [5.74, 6) is 7.02. The van der Waals surface area contributed by atoms with Crippen LogP contribution in [0.15, 0.2) is 42.5 Å². The number of nitro benzene ring substituents is 1. The standard InChI is InChI=1S/C15H17N3O2S/c1-11-3-2-4-12(7-11)9-21-10-13-5-6-15(18(19)20)14(8-13)17-16/h2-8,17H,9-10,16H2,1H3. The fourth-order valence-corrected chi connectivity index (χ4v) is 2.97. The molecule has 0 aliphatic carbocycles. The molecule has 0 aliphatic heterocycles. The molecule has 2 rings (SSSR count). The van der Waals surface area contributed by atoms with Gasteiger partial charge in [-0.05, 0) is 24.1 Å². The van der Waals surface area contributed by atoms with E-state index >= 15 is 0 Å². The van der Waals surface area contributed by atoms with E-state index < -0.39 is 4.92 Å². The number of hydrazine groups is 1. The molecule has 0 aromatic heterocycles. The van der Waals surface area contributed by atoms with Gasteiger partial charge in [0.1, 0.15) is 5.69 Å². The Balaban J connectivity index is 1.99. The first-order valence-corrected chi connectivity index (χ1v) is 7.63. The lowest BCUT2D eigenvalue weighted by atomic mass is 10.2. The Morgan fingerprint density at radius 2 is 1.90 bits per heavy atom. The number of anilines is 1. The molecule has 0 atom stereocenters. The molecule has 2 aromatic carbocycles. The van der Waals surface area contributed by atoms with Crippen molar-refractivity contribution in [2.24, 2.45) is 5.84 Å². The predicted octanol–water partition coefficient (Wildman–Crippen LogP) is 3.62. The molecule has 0 fully saturated rings. The molecule has 0 amide bonds. The van der Waals surface area contributed by atoms with Crippen LogP contribution in [-0.4, -0.2) is 4.92 Å². The van der Waals surface area contributed by atoms with Crippen molar-refractivity contribution in [3.63, 3.8) is 0 Å². The number of hydrogen-bond acceptors (Lipinski definition) is 5. The number of hydrogen-bond donors (Lipinski definition) is 2. The largest absolute Gasteiger partial charge is 0.318 e. The maximum absolute atomic E-state index is 10.8. The van der Waals surface area contributed by atoms with Crippen LogP contribution in [0, 0.1) is 17.0 Å². The van der Waals surface area contributed by atoms with E-state index in [9.17, 15) is 10.1 Å². The number of thioether (sulfide) groups is 1. The summed E-state index contributed by atoms with van der Waals surface area (Å²) >= 11 is 1.76. The number of nitrogen functional groups attached to an aromatic ring is 1. The molecule has 0 radical (unpaired) electrons. The fraction of sp³-hybridized carbons (Fsp3) is 0.200. The van der Waals surface area contributed by atoms with Crippen molar-refractivity contribution in [3.05, 3.63) is 69.3 Å². The molecule has 0 unspecified atom stereocenters. The van der Waals surface area contributed by atoms with Crippen LogP contribution in [0.4, 0.5) is 11.4 Å². The van der Waals surface area contributed by atoms with Crippen molar-refractivity contribution in [1.82, 2.24) is 0 Å². The van der Waals surface area contributed by atoms with Gasteiger partial charge < -0.3 is 5.43 Å². The minimum Gasteiger partial charge on any atom is -0.318 e. The van der Waals surface area contributed by atoms with E-state index in [4.69, 9.17) is 5.84 Å². The van der Waals surface area contributed by atoms with Crippen LogP contribution in [0.25, 0.3) is 0 Å². The summed E-state index contributed by atoms with van der Waals surface area (Å²) in [6.45, 7) is 2.07. The number of nitro groups is 1. The normalized spacial score (nSPS) is 10.4. The Kier molecular flexibility index (Phi) is 5.19. The Bertz CT molecular complexity index is 647. The Morgan fingerprint density at radius 3 is 2.52 bits per heavy atom. The Labute approximate surface area is 127 Å². The number of nitrogens with two attached hydrogens (primary N) is 1. The summed E-state index contributed by atoms with van der Waals surface area (Å²) in [5, 5.41) is 10.8. The summed E-state index contributed by atoms with van der Waals surface area (Å²) in [5.41, 5.74) is 6.24. The van der Waals surface area contributed by atoms with E-state index in [1.807, 2.05) is 6.07 Å². The van der Waals surface area contributed by atoms with Gasteiger partial charge in [0, 0.05) is 17.6 Å². The SMILES string of the molecule is Cc1cccc(CSCc2ccc([N+](=O)[O-])c(NN)c2)c1. The maximum Gasteiger partial charge on any atom is 0.293 e. The van der Waals surface area contributed by atoms with Gasteiger partial charge in [-0.3, -0.25) is 16.0 Å². The highest BCUT2D eigenvalue weighted by atomic mass is 32.2. The van der Waals surface area contributed by atoms with Gasteiger partial charge in [-0.25, -0.2) is 0 Å². The summed E-state index contributed by atoms with van der Waals surface area (Å²) in [6.07, 6.45) is 0. The van der Waals surface area contributed by atoms with Crippen molar-refractivity contribution in [1.29, 1.82) is 0 Å². The molecule has 0 saturated carbocycles. The summed E-state index contributed by atoms with van der Waals surface area (Å²) < 4.78 is 0. The summed E-state index contributed by atoms with van der Waals surface area (Å²) in [7, 11) is 0. The van der Waals surface area contributed by atoms with Gasteiger partial charge in [-0.2, -0.15) is 11.8 Å². The molecule has 2 aromatic rings. The minimum absolute atomic E-state index is 0.00932. The maximum atomic E-state index is 10.8. The molecule has 21 heavy (non-hydrogen) atoms. The van der Waals surface area contributed by atoms with Gasteiger partial charge in [0.2, 0.25) is 0 Å². The Hall–Kier alpha value is -2.05. The molecule has 5 nitrogen and oxygen atoms in total. The second kappa shape index (κ2) is 7.10. The quantitative estimate of drug-likeness (QED) is 0.484. The smallest absolute Gasteiger partial charge is 0.293 e.